The number of carbonyl (C=O) groups is 1. The maximum Gasteiger partial charge on any atom is 0.328 e. The number of hydrogen-bond donors (Lipinski definition) is 1. The average Bonchev–Trinajstić information content (AvgIpc) is 2.46. The lowest BCUT2D eigenvalue weighted by atomic mass is 10.1. The van der Waals surface area contributed by atoms with Crippen LogP contribution in [0.15, 0.2) is 24.3 Å². The summed E-state index contributed by atoms with van der Waals surface area (Å²) in [7, 11) is 1.58. The van der Waals surface area contributed by atoms with Gasteiger partial charge in [0.2, 0.25) is 0 Å². The molecule has 5 heteroatoms. The summed E-state index contributed by atoms with van der Waals surface area (Å²) in [6, 6.07) is 5.30. The minimum atomic E-state index is -0.993. The zero-order valence-electron chi connectivity index (χ0n) is 11.4. The Balaban J connectivity index is 2.19. The molecule has 1 saturated heterocycles. The van der Waals surface area contributed by atoms with Crippen LogP contribution in [0.3, 0.4) is 0 Å². The minimum Gasteiger partial charge on any atom is -0.497 e. The van der Waals surface area contributed by atoms with E-state index in [0.717, 1.165) is 25.5 Å². The zero-order chi connectivity index (χ0) is 14.4. The van der Waals surface area contributed by atoms with Crippen molar-refractivity contribution in [2.45, 2.75) is 18.9 Å². The number of carboxylic acids is 1. The molecule has 1 N–H and O–H groups in total. The first kappa shape index (κ1) is 14.4. The van der Waals surface area contributed by atoms with E-state index in [1.165, 1.54) is 6.08 Å². The Labute approximate surface area is 117 Å². The summed E-state index contributed by atoms with van der Waals surface area (Å²) in [6.07, 6.45) is 4.49. The van der Waals surface area contributed by atoms with Gasteiger partial charge in [-0.3, -0.25) is 0 Å². The highest BCUT2D eigenvalue weighted by Gasteiger charge is 2.17. The van der Waals surface area contributed by atoms with Crippen molar-refractivity contribution in [3.05, 3.63) is 29.8 Å². The van der Waals surface area contributed by atoms with Gasteiger partial charge < -0.3 is 19.3 Å². The lowest BCUT2D eigenvalue weighted by Gasteiger charge is -2.24. The third-order valence-corrected chi connectivity index (χ3v) is 3.04. The van der Waals surface area contributed by atoms with Crippen molar-refractivity contribution in [1.29, 1.82) is 0 Å². The van der Waals surface area contributed by atoms with Gasteiger partial charge in [0.25, 0.3) is 0 Å². The zero-order valence-corrected chi connectivity index (χ0v) is 11.4. The van der Waals surface area contributed by atoms with Gasteiger partial charge in [-0.15, -0.1) is 0 Å². The molecule has 0 aliphatic carbocycles. The highest BCUT2D eigenvalue weighted by atomic mass is 16.5. The monoisotopic (exact) mass is 278 g/mol. The van der Waals surface area contributed by atoms with Crippen LogP contribution in [0.1, 0.15) is 18.4 Å². The van der Waals surface area contributed by atoms with Crippen molar-refractivity contribution in [3.8, 4) is 11.5 Å². The Kier molecular flexibility index (Phi) is 5.01. The molecular weight excluding hydrogens is 260 g/mol. The summed E-state index contributed by atoms with van der Waals surface area (Å²) in [6.45, 7) is 1.32. The third-order valence-electron chi connectivity index (χ3n) is 3.04. The molecule has 0 spiro atoms. The molecule has 20 heavy (non-hydrogen) atoms. The summed E-state index contributed by atoms with van der Waals surface area (Å²) >= 11 is 0. The van der Waals surface area contributed by atoms with E-state index in [4.69, 9.17) is 19.3 Å². The van der Waals surface area contributed by atoms with Gasteiger partial charge in [-0.05, 0) is 31.1 Å². The molecule has 0 amide bonds. The van der Waals surface area contributed by atoms with Crippen molar-refractivity contribution in [3.63, 3.8) is 0 Å². The molecule has 0 radical (unpaired) electrons. The van der Waals surface area contributed by atoms with Crippen LogP contribution in [0.25, 0.3) is 6.08 Å². The first-order valence-corrected chi connectivity index (χ1v) is 6.52. The fourth-order valence-electron chi connectivity index (χ4n) is 2.03. The standard InChI is InChI=1S/C15H18O5/c1-18-12-6-4-11(5-7-15(16)17)14(9-12)20-13-3-2-8-19-10-13/h4-7,9,13H,2-3,8,10H2,1H3,(H,16,17)/b7-5+. The molecular formula is C15H18O5. The fourth-order valence-corrected chi connectivity index (χ4v) is 2.03. The number of benzene rings is 1. The predicted molar refractivity (Wildman–Crippen MR) is 74.1 cm³/mol. The number of ether oxygens (including phenoxy) is 3. The van der Waals surface area contributed by atoms with Crippen LogP contribution >= 0.6 is 0 Å². The number of hydrogen-bond acceptors (Lipinski definition) is 4. The summed E-state index contributed by atoms with van der Waals surface area (Å²) < 4.78 is 16.5. The molecule has 108 valence electrons. The number of methoxy groups -OCH3 is 1. The van der Waals surface area contributed by atoms with E-state index in [-0.39, 0.29) is 6.10 Å². The van der Waals surface area contributed by atoms with E-state index < -0.39 is 5.97 Å². The van der Waals surface area contributed by atoms with Gasteiger partial charge in [0.05, 0.1) is 13.7 Å². The van der Waals surface area contributed by atoms with E-state index in [2.05, 4.69) is 0 Å². The molecule has 1 unspecified atom stereocenters. The Morgan fingerprint density at radius 1 is 1.50 bits per heavy atom. The fraction of sp³-hybridized carbons (Fsp3) is 0.400. The van der Waals surface area contributed by atoms with Crippen LogP contribution in [0.2, 0.25) is 0 Å². The molecule has 2 rings (SSSR count). The van der Waals surface area contributed by atoms with E-state index in [1.54, 1.807) is 25.3 Å². The van der Waals surface area contributed by atoms with Gasteiger partial charge in [0.15, 0.2) is 0 Å². The summed E-state index contributed by atoms with van der Waals surface area (Å²) in [5.74, 6) is 0.286. The van der Waals surface area contributed by atoms with Gasteiger partial charge >= 0.3 is 5.97 Å². The lowest BCUT2D eigenvalue weighted by molar-refractivity contribution is -0.131. The minimum absolute atomic E-state index is 0.00664. The Bertz CT molecular complexity index is 489. The number of carboxylic acid groups (broad SMARTS) is 1. The van der Waals surface area contributed by atoms with Gasteiger partial charge in [-0.1, -0.05) is 0 Å². The molecule has 1 aliphatic rings. The van der Waals surface area contributed by atoms with Crippen molar-refractivity contribution in [1.82, 2.24) is 0 Å². The highest BCUT2D eigenvalue weighted by molar-refractivity contribution is 5.86. The topological polar surface area (TPSA) is 65.0 Å². The second-order valence-electron chi connectivity index (χ2n) is 4.53. The molecule has 1 atom stereocenters. The highest BCUT2D eigenvalue weighted by Crippen LogP contribution is 2.28. The van der Waals surface area contributed by atoms with E-state index in [9.17, 15) is 4.79 Å². The van der Waals surface area contributed by atoms with Crippen molar-refractivity contribution in [2.24, 2.45) is 0 Å². The quantitative estimate of drug-likeness (QED) is 0.837. The normalized spacial score (nSPS) is 18.9. The first-order chi connectivity index (χ1) is 9.69. The van der Waals surface area contributed by atoms with Crippen LogP contribution in [0, 0.1) is 0 Å². The summed E-state index contributed by atoms with van der Waals surface area (Å²) in [5, 5.41) is 8.72. The predicted octanol–water partition coefficient (Wildman–Crippen LogP) is 2.35. The van der Waals surface area contributed by atoms with Crippen LogP contribution in [-0.4, -0.2) is 37.5 Å². The number of rotatable bonds is 5. The van der Waals surface area contributed by atoms with Gasteiger partial charge in [0, 0.05) is 24.3 Å². The SMILES string of the molecule is COc1ccc(/C=C/C(=O)O)c(OC2CCCOC2)c1. The van der Waals surface area contributed by atoms with E-state index in [0.29, 0.717) is 23.7 Å². The molecule has 0 bridgehead atoms. The summed E-state index contributed by atoms with van der Waals surface area (Å²) in [4.78, 5) is 10.6. The average molecular weight is 278 g/mol. The molecule has 0 aromatic heterocycles. The molecule has 1 aliphatic heterocycles. The largest absolute Gasteiger partial charge is 0.497 e. The van der Waals surface area contributed by atoms with Crippen LogP contribution in [0.5, 0.6) is 11.5 Å². The van der Waals surface area contributed by atoms with Gasteiger partial charge in [0.1, 0.15) is 17.6 Å². The smallest absolute Gasteiger partial charge is 0.328 e. The van der Waals surface area contributed by atoms with Gasteiger partial charge in [-0.25, -0.2) is 4.79 Å². The molecule has 1 aromatic carbocycles. The maximum atomic E-state index is 10.6. The first-order valence-electron chi connectivity index (χ1n) is 6.52. The lowest BCUT2D eigenvalue weighted by Crippen LogP contribution is -2.28. The van der Waals surface area contributed by atoms with E-state index >= 15 is 0 Å². The van der Waals surface area contributed by atoms with Crippen LogP contribution in [-0.2, 0) is 9.53 Å². The molecule has 1 heterocycles. The Morgan fingerprint density at radius 3 is 3.00 bits per heavy atom. The molecule has 0 saturated carbocycles. The Morgan fingerprint density at radius 2 is 2.35 bits per heavy atom. The number of aliphatic carboxylic acids is 1. The molecule has 5 nitrogen and oxygen atoms in total. The Hall–Kier alpha value is -2.01. The van der Waals surface area contributed by atoms with Gasteiger partial charge in [-0.2, -0.15) is 0 Å². The molecule has 1 fully saturated rings. The third kappa shape index (κ3) is 3.99. The second kappa shape index (κ2) is 6.96. The van der Waals surface area contributed by atoms with Crippen molar-refractivity contribution in [2.75, 3.05) is 20.3 Å². The van der Waals surface area contributed by atoms with Crippen molar-refractivity contribution < 1.29 is 24.1 Å². The van der Waals surface area contributed by atoms with Crippen LogP contribution < -0.4 is 9.47 Å². The van der Waals surface area contributed by atoms with Crippen LogP contribution in [0.4, 0.5) is 0 Å². The second-order valence-corrected chi connectivity index (χ2v) is 4.53. The van der Waals surface area contributed by atoms with Crippen molar-refractivity contribution >= 4 is 12.0 Å². The summed E-state index contributed by atoms with van der Waals surface area (Å²) in [5.41, 5.74) is 0.707. The molecule has 1 aromatic rings. The maximum absolute atomic E-state index is 10.6. The van der Waals surface area contributed by atoms with E-state index in [1.807, 2.05) is 0 Å².